The number of rotatable bonds is 4. The van der Waals surface area contributed by atoms with Gasteiger partial charge in [-0.15, -0.1) is 0 Å². The molecule has 0 saturated carbocycles. The van der Waals surface area contributed by atoms with E-state index in [1.165, 1.54) is 0 Å². The molecule has 0 aliphatic carbocycles. The van der Waals surface area contributed by atoms with Crippen molar-refractivity contribution in [1.82, 2.24) is 4.47 Å². The van der Waals surface area contributed by atoms with Crippen LogP contribution in [0.25, 0.3) is 5.70 Å². The Morgan fingerprint density at radius 3 is 2.33 bits per heavy atom. The number of aromatic nitrogens is 1. The van der Waals surface area contributed by atoms with E-state index in [0.717, 1.165) is 16.2 Å². The zero-order chi connectivity index (χ0) is 11.6. The molecule has 0 unspecified atom stereocenters. The summed E-state index contributed by atoms with van der Waals surface area (Å²) < 4.78 is 2.10. The van der Waals surface area contributed by atoms with E-state index in [0.29, 0.717) is 11.8 Å². The summed E-state index contributed by atoms with van der Waals surface area (Å²) in [5, 5.41) is 0. The number of hydrogen-bond acceptors (Lipinski definition) is 1. The Bertz CT molecular complexity index is 347. The molecule has 0 amide bonds. The van der Waals surface area contributed by atoms with Crippen LogP contribution in [0.2, 0.25) is 0 Å². The second kappa shape index (κ2) is 5.15. The van der Waals surface area contributed by atoms with Crippen LogP contribution in [0.4, 0.5) is 0 Å². The summed E-state index contributed by atoms with van der Waals surface area (Å²) in [7, 11) is 0. The van der Waals surface area contributed by atoms with Crippen LogP contribution in [0.1, 0.15) is 33.3 Å². The number of nitrogens with zero attached hydrogens (tertiary/aromatic N) is 1. The van der Waals surface area contributed by atoms with Crippen LogP contribution in [0, 0.1) is 11.8 Å². The van der Waals surface area contributed by atoms with Crippen molar-refractivity contribution in [2.75, 3.05) is 0 Å². The van der Waals surface area contributed by atoms with Crippen LogP contribution in [-0.2, 0) is 0 Å². The molecule has 0 radical (unpaired) electrons. The first-order valence-corrected chi connectivity index (χ1v) is 5.76. The first-order valence-electron chi connectivity index (χ1n) is 5.36. The van der Waals surface area contributed by atoms with Gasteiger partial charge in [-0.3, -0.25) is 0 Å². The molecule has 0 aromatic carbocycles. The standard InChI is InChI=1S/C10H16B3NS/c1-6(2)8(5)14-10(11-12-13-14)9(15)7(3)4/h6-7H,5H2,1-4H3. The minimum absolute atomic E-state index is 0.397. The van der Waals surface area contributed by atoms with Gasteiger partial charge in [-0.1, -0.05) is 0 Å². The molecule has 1 nitrogen and oxygen atoms in total. The molecule has 1 rings (SSSR count). The average Bonchev–Trinajstić information content (AvgIpc) is 2.63. The van der Waals surface area contributed by atoms with Crippen molar-refractivity contribution >= 4 is 43.2 Å². The SMILES string of the molecule is C=C(C(C)C)n1bbbc1C(=S)C(C)C. The monoisotopic (exact) mass is 215 g/mol. The number of hydrogen-bond donors (Lipinski definition) is 0. The summed E-state index contributed by atoms with van der Waals surface area (Å²) in [5.41, 5.74) is 2.21. The van der Waals surface area contributed by atoms with Crippen LogP contribution in [0.5, 0.6) is 0 Å². The fourth-order valence-corrected chi connectivity index (χ4v) is 1.57. The van der Waals surface area contributed by atoms with E-state index in [4.69, 9.17) is 12.2 Å². The van der Waals surface area contributed by atoms with E-state index in [1.807, 2.05) is 13.6 Å². The molecule has 0 N–H and O–H groups in total. The van der Waals surface area contributed by atoms with Crippen LogP contribution in [0.3, 0.4) is 0 Å². The molecule has 5 heteroatoms. The van der Waals surface area contributed by atoms with Gasteiger partial charge in [0.15, 0.2) is 0 Å². The van der Waals surface area contributed by atoms with Crippen LogP contribution >= 0.6 is 12.2 Å². The molecule has 76 valence electrons. The van der Waals surface area contributed by atoms with Crippen molar-refractivity contribution in [3.8, 4) is 0 Å². The van der Waals surface area contributed by atoms with E-state index in [-0.39, 0.29) is 0 Å². The fourth-order valence-electron chi connectivity index (χ4n) is 1.41. The first-order chi connectivity index (χ1) is 6.95. The van der Waals surface area contributed by atoms with Gasteiger partial charge in [0.2, 0.25) is 0 Å². The molecule has 0 aliphatic rings. The third kappa shape index (κ3) is 2.84. The summed E-state index contributed by atoms with van der Waals surface area (Å²) >= 11 is 5.43. The Morgan fingerprint density at radius 2 is 1.87 bits per heavy atom. The Hall–Kier alpha value is -0.305. The topological polar surface area (TPSA) is 4.93 Å². The average molecular weight is 215 g/mol. The van der Waals surface area contributed by atoms with E-state index in [2.05, 4.69) is 45.5 Å². The Morgan fingerprint density at radius 1 is 1.27 bits per heavy atom. The van der Waals surface area contributed by atoms with Crippen molar-refractivity contribution in [3.05, 3.63) is 12.2 Å². The first kappa shape index (κ1) is 12.8. The van der Waals surface area contributed by atoms with E-state index in [9.17, 15) is 0 Å². The molecule has 0 fully saturated rings. The molecule has 0 aliphatic heterocycles. The van der Waals surface area contributed by atoms with Crippen molar-refractivity contribution in [2.45, 2.75) is 27.7 Å². The van der Waals surface area contributed by atoms with Gasteiger partial charge in [-0.25, -0.2) is 0 Å². The summed E-state index contributed by atoms with van der Waals surface area (Å²) in [6.07, 6.45) is 0. The summed E-state index contributed by atoms with van der Waals surface area (Å²) in [6.45, 7) is 18.8. The van der Waals surface area contributed by atoms with Crippen molar-refractivity contribution in [3.63, 3.8) is 0 Å². The zero-order valence-corrected chi connectivity index (χ0v) is 10.8. The van der Waals surface area contributed by atoms with E-state index >= 15 is 0 Å². The fraction of sp³-hybridized carbons (Fsp3) is 0.600. The second-order valence-electron chi connectivity index (χ2n) is 4.43. The van der Waals surface area contributed by atoms with Gasteiger partial charge in [-0.05, 0) is 0 Å². The predicted octanol–water partition coefficient (Wildman–Crippen LogP) is 2.00. The molecular weight excluding hydrogens is 199 g/mol. The molecule has 0 atom stereocenters. The molecule has 1 aromatic heterocycles. The number of allylic oxidation sites excluding steroid dienone is 1. The Labute approximate surface area is 99.6 Å². The molecule has 0 bridgehead atoms. The third-order valence-electron chi connectivity index (χ3n) is 2.50. The van der Waals surface area contributed by atoms with Gasteiger partial charge in [0.25, 0.3) is 0 Å². The van der Waals surface area contributed by atoms with Gasteiger partial charge >= 0.3 is 99.4 Å². The molecule has 0 saturated heterocycles. The maximum atomic E-state index is 5.43. The predicted molar refractivity (Wildman–Crippen MR) is 75.2 cm³/mol. The molecule has 1 aromatic rings. The summed E-state index contributed by atoms with van der Waals surface area (Å²) in [6, 6.07) is 0. The van der Waals surface area contributed by atoms with Gasteiger partial charge in [0.1, 0.15) is 0 Å². The normalized spacial score (nSPS) is 10.3. The quantitative estimate of drug-likeness (QED) is 0.549. The van der Waals surface area contributed by atoms with Crippen LogP contribution < -0.4 is 0 Å². The third-order valence-corrected chi connectivity index (χ3v) is 3.18. The Kier molecular flexibility index (Phi) is 4.38. The molecule has 1 heterocycles. The molecule has 0 spiro atoms. The van der Waals surface area contributed by atoms with Crippen molar-refractivity contribution in [2.24, 2.45) is 11.8 Å². The second-order valence-corrected chi connectivity index (χ2v) is 4.87. The van der Waals surface area contributed by atoms with Gasteiger partial charge in [-0.2, -0.15) is 0 Å². The summed E-state index contributed by atoms with van der Waals surface area (Å²) in [5.74, 6) is 0.833. The van der Waals surface area contributed by atoms with Crippen molar-refractivity contribution in [1.29, 1.82) is 0 Å². The molecule has 15 heavy (non-hydrogen) atoms. The van der Waals surface area contributed by atoms with Gasteiger partial charge < -0.3 is 0 Å². The summed E-state index contributed by atoms with van der Waals surface area (Å²) in [4.78, 5) is 1.00. The van der Waals surface area contributed by atoms with E-state index in [1.54, 1.807) is 0 Å². The minimum atomic E-state index is 0.397. The molecular formula is C10H16B3NS. The maximum absolute atomic E-state index is 5.43. The van der Waals surface area contributed by atoms with Crippen LogP contribution in [0.15, 0.2) is 6.58 Å². The van der Waals surface area contributed by atoms with Crippen molar-refractivity contribution < 1.29 is 0 Å². The number of thiocarbonyl (C=S) groups is 1. The zero-order valence-electron chi connectivity index (χ0n) is 9.95. The van der Waals surface area contributed by atoms with Gasteiger partial charge in [0.05, 0.1) is 0 Å². The van der Waals surface area contributed by atoms with E-state index < -0.39 is 0 Å². The Balaban J connectivity index is 3.07. The van der Waals surface area contributed by atoms with Crippen LogP contribution in [-0.4, -0.2) is 29.8 Å². The van der Waals surface area contributed by atoms with Gasteiger partial charge in [0, 0.05) is 0 Å².